The molecule has 7 heteroatoms. The quantitative estimate of drug-likeness (QED) is 0.556. The molecule has 2 aromatic heterocycles. The zero-order chi connectivity index (χ0) is 17.4. The second-order valence-corrected chi connectivity index (χ2v) is 9.20. The first-order valence-electron chi connectivity index (χ1n) is 8.76. The molecule has 0 radical (unpaired) electrons. The number of hydrogen-bond donors (Lipinski definition) is 0. The summed E-state index contributed by atoms with van der Waals surface area (Å²) in [4.78, 5) is 20.4. The highest BCUT2D eigenvalue weighted by Crippen LogP contribution is 2.35. The first-order chi connectivity index (χ1) is 12.1. The molecule has 25 heavy (non-hydrogen) atoms. The molecule has 4 nitrogen and oxygen atoms in total. The maximum atomic E-state index is 13.3. The van der Waals surface area contributed by atoms with Crippen LogP contribution in [0.1, 0.15) is 36.1 Å². The van der Waals surface area contributed by atoms with E-state index in [1.165, 1.54) is 28.6 Å². The molecule has 1 atom stereocenters. The van der Waals surface area contributed by atoms with Crippen LogP contribution in [-0.4, -0.2) is 28.0 Å². The molecule has 1 aliphatic heterocycles. The Balaban J connectivity index is 1.81. The number of halogens is 1. The summed E-state index contributed by atoms with van der Waals surface area (Å²) < 4.78 is 7.57. The maximum Gasteiger partial charge on any atom is 0.263 e. The van der Waals surface area contributed by atoms with Crippen molar-refractivity contribution in [3.63, 3.8) is 0 Å². The van der Waals surface area contributed by atoms with E-state index in [4.69, 9.17) is 21.3 Å². The van der Waals surface area contributed by atoms with Crippen LogP contribution in [0.4, 0.5) is 0 Å². The van der Waals surface area contributed by atoms with Crippen molar-refractivity contribution >= 4 is 44.9 Å². The Labute approximate surface area is 160 Å². The number of ether oxygens (including phenoxy) is 1. The van der Waals surface area contributed by atoms with Gasteiger partial charge in [-0.2, -0.15) is 0 Å². The number of rotatable bonds is 5. The van der Waals surface area contributed by atoms with Crippen molar-refractivity contribution in [3.05, 3.63) is 32.4 Å². The van der Waals surface area contributed by atoms with E-state index in [-0.39, 0.29) is 11.7 Å². The fraction of sp³-hybridized carbons (Fsp3) is 0.556. The highest BCUT2D eigenvalue weighted by atomic mass is 35.5. The number of aromatic nitrogens is 2. The van der Waals surface area contributed by atoms with Gasteiger partial charge in [0.2, 0.25) is 0 Å². The van der Waals surface area contributed by atoms with Gasteiger partial charge in [0.15, 0.2) is 5.16 Å². The average Bonchev–Trinajstić information content (AvgIpc) is 3.22. The summed E-state index contributed by atoms with van der Waals surface area (Å²) in [6.07, 6.45) is 6.59. The second-order valence-electron chi connectivity index (χ2n) is 6.64. The predicted octanol–water partition coefficient (Wildman–Crippen LogP) is 4.36. The molecule has 0 bridgehead atoms. The van der Waals surface area contributed by atoms with Crippen LogP contribution in [0.5, 0.6) is 0 Å². The zero-order valence-corrected chi connectivity index (χ0v) is 16.4. The summed E-state index contributed by atoms with van der Waals surface area (Å²) in [6, 6.07) is 0. The number of fused-ring (bicyclic) bond motifs is 3. The molecule has 0 aromatic carbocycles. The monoisotopic (exact) mass is 396 g/mol. The van der Waals surface area contributed by atoms with Crippen LogP contribution >= 0.6 is 34.7 Å². The summed E-state index contributed by atoms with van der Waals surface area (Å²) in [7, 11) is 0. The third kappa shape index (κ3) is 3.54. The first-order valence-corrected chi connectivity index (χ1v) is 10.9. The summed E-state index contributed by atoms with van der Waals surface area (Å²) in [5, 5.41) is 2.13. The van der Waals surface area contributed by atoms with Gasteiger partial charge in [0.1, 0.15) is 4.83 Å². The Morgan fingerprint density at radius 1 is 1.40 bits per heavy atom. The molecule has 1 fully saturated rings. The fourth-order valence-corrected chi connectivity index (χ4v) is 5.85. The van der Waals surface area contributed by atoms with Gasteiger partial charge >= 0.3 is 0 Å². The van der Waals surface area contributed by atoms with Crippen molar-refractivity contribution in [2.24, 2.45) is 0 Å². The molecule has 1 aliphatic carbocycles. The van der Waals surface area contributed by atoms with Crippen molar-refractivity contribution in [1.29, 1.82) is 0 Å². The molecule has 2 aliphatic rings. The molecule has 0 amide bonds. The SMILES string of the molecule is C=C(Cl)CSc1nc2sc3c(c2c(=O)n1C[C@H]1CCCO1)CCCC3. The second kappa shape index (κ2) is 7.43. The lowest BCUT2D eigenvalue weighted by atomic mass is 9.97. The van der Waals surface area contributed by atoms with E-state index in [0.717, 1.165) is 54.1 Å². The predicted molar refractivity (Wildman–Crippen MR) is 105 cm³/mol. The Bertz CT molecular complexity index is 868. The van der Waals surface area contributed by atoms with Gasteiger partial charge in [0.05, 0.1) is 18.0 Å². The first kappa shape index (κ1) is 17.6. The molecule has 0 N–H and O–H groups in total. The molecule has 134 valence electrons. The van der Waals surface area contributed by atoms with Crippen molar-refractivity contribution in [3.8, 4) is 0 Å². The normalized spacial score (nSPS) is 20.1. The van der Waals surface area contributed by atoms with Crippen molar-refractivity contribution in [1.82, 2.24) is 9.55 Å². The lowest BCUT2D eigenvalue weighted by Crippen LogP contribution is -2.29. The third-order valence-electron chi connectivity index (χ3n) is 4.81. The van der Waals surface area contributed by atoms with Gasteiger partial charge in [0, 0.05) is 22.3 Å². The molecule has 3 heterocycles. The minimum atomic E-state index is 0.0857. The maximum absolute atomic E-state index is 13.3. The van der Waals surface area contributed by atoms with Crippen LogP contribution in [-0.2, 0) is 24.1 Å². The van der Waals surface area contributed by atoms with Crippen LogP contribution in [0.3, 0.4) is 0 Å². The summed E-state index contributed by atoms with van der Waals surface area (Å²) in [6.45, 7) is 5.10. The van der Waals surface area contributed by atoms with Crippen LogP contribution in [0.25, 0.3) is 10.2 Å². The average molecular weight is 397 g/mol. The van der Waals surface area contributed by atoms with E-state index in [1.54, 1.807) is 11.3 Å². The molecular formula is C18H21ClN2O2S2. The van der Waals surface area contributed by atoms with Crippen LogP contribution in [0, 0.1) is 0 Å². The zero-order valence-electron chi connectivity index (χ0n) is 14.1. The van der Waals surface area contributed by atoms with Gasteiger partial charge in [-0.1, -0.05) is 29.9 Å². The van der Waals surface area contributed by atoms with E-state index in [0.29, 0.717) is 17.3 Å². The standard InChI is InChI=1S/C18H21ClN2O2S2/c1-11(19)10-24-18-20-16-15(13-6-2-3-7-14(13)25-16)17(22)21(18)9-12-5-4-8-23-12/h12H,1-10H2/t12-/m1/s1. The van der Waals surface area contributed by atoms with Crippen LogP contribution in [0.15, 0.2) is 21.6 Å². The van der Waals surface area contributed by atoms with Crippen LogP contribution in [0.2, 0.25) is 0 Å². The number of thiophene rings is 1. The van der Waals surface area contributed by atoms with E-state index in [2.05, 4.69) is 6.58 Å². The van der Waals surface area contributed by atoms with Gasteiger partial charge in [-0.3, -0.25) is 9.36 Å². The van der Waals surface area contributed by atoms with E-state index in [9.17, 15) is 4.79 Å². The van der Waals surface area contributed by atoms with Gasteiger partial charge in [-0.05, 0) is 44.1 Å². The summed E-state index contributed by atoms with van der Waals surface area (Å²) in [5.74, 6) is 0.552. The molecule has 4 rings (SSSR count). The topological polar surface area (TPSA) is 44.1 Å². The Morgan fingerprint density at radius 3 is 3.00 bits per heavy atom. The Kier molecular flexibility index (Phi) is 5.23. The molecule has 0 saturated carbocycles. The molecule has 1 saturated heterocycles. The van der Waals surface area contributed by atoms with Gasteiger partial charge in [-0.15, -0.1) is 11.3 Å². The molecular weight excluding hydrogens is 376 g/mol. The third-order valence-corrected chi connectivity index (χ3v) is 7.35. The van der Waals surface area contributed by atoms with Gasteiger partial charge < -0.3 is 4.74 Å². The molecule has 0 unspecified atom stereocenters. The minimum absolute atomic E-state index is 0.0857. The lowest BCUT2D eigenvalue weighted by molar-refractivity contribution is 0.0937. The smallest absolute Gasteiger partial charge is 0.263 e. The lowest BCUT2D eigenvalue weighted by Gasteiger charge is -2.16. The molecule has 0 spiro atoms. The van der Waals surface area contributed by atoms with Crippen molar-refractivity contribution < 1.29 is 4.74 Å². The van der Waals surface area contributed by atoms with E-state index in [1.807, 2.05) is 4.57 Å². The number of thioether (sulfide) groups is 1. The van der Waals surface area contributed by atoms with Crippen molar-refractivity contribution in [2.75, 3.05) is 12.4 Å². The highest BCUT2D eigenvalue weighted by molar-refractivity contribution is 7.99. The van der Waals surface area contributed by atoms with Crippen LogP contribution < -0.4 is 5.56 Å². The van der Waals surface area contributed by atoms with E-state index >= 15 is 0 Å². The number of hydrogen-bond acceptors (Lipinski definition) is 5. The fourth-order valence-electron chi connectivity index (χ4n) is 3.63. The van der Waals surface area contributed by atoms with Gasteiger partial charge in [-0.25, -0.2) is 4.98 Å². The number of nitrogens with zero attached hydrogens (tertiary/aromatic N) is 2. The summed E-state index contributed by atoms with van der Waals surface area (Å²) in [5.41, 5.74) is 1.32. The van der Waals surface area contributed by atoms with Crippen molar-refractivity contribution in [2.45, 2.75) is 56.3 Å². The minimum Gasteiger partial charge on any atom is -0.376 e. The summed E-state index contributed by atoms with van der Waals surface area (Å²) >= 11 is 9.11. The van der Waals surface area contributed by atoms with Gasteiger partial charge in [0.25, 0.3) is 5.56 Å². The highest BCUT2D eigenvalue weighted by Gasteiger charge is 2.24. The van der Waals surface area contributed by atoms with E-state index < -0.39 is 0 Å². The Morgan fingerprint density at radius 2 is 2.24 bits per heavy atom. The largest absolute Gasteiger partial charge is 0.376 e. The number of aryl methyl sites for hydroxylation is 2. The molecule has 2 aromatic rings. The Hall–Kier alpha value is -0.820.